The Kier molecular flexibility index (Phi) is 8.30. The molecule has 1 saturated heterocycles. The summed E-state index contributed by atoms with van der Waals surface area (Å²) in [7, 11) is -2.18. The van der Waals surface area contributed by atoms with Crippen molar-refractivity contribution in [3.05, 3.63) is 46.9 Å². The van der Waals surface area contributed by atoms with Crippen LogP contribution in [-0.2, 0) is 29.8 Å². The van der Waals surface area contributed by atoms with Crippen LogP contribution in [-0.4, -0.2) is 64.4 Å². The molecule has 2 atom stereocenters. The van der Waals surface area contributed by atoms with Crippen molar-refractivity contribution >= 4 is 38.4 Å². The number of hydrogen-bond acceptors (Lipinski definition) is 9. The molecule has 1 aliphatic heterocycles. The minimum atomic E-state index is -3.72. The molecule has 1 aromatic carbocycles. The Labute approximate surface area is 245 Å². The molecule has 2 N–H and O–H groups in total. The Bertz CT molecular complexity index is 1660. The number of aromatic amines is 1. The van der Waals surface area contributed by atoms with Crippen LogP contribution in [0.25, 0.3) is 10.9 Å². The lowest BCUT2D eigenvalue weighted by molar-refractivity contribution is -0.176. The molecule has 3 heterocycles. The lowest BCUT2D eigenvalue weighted by atomic mass is 9.87. The molecule has 1 fully saturated rings. The molecule has 0 spiro atoms. The number of hydrogen-bond donors (Lipinski definition) is 2. The minimum Gasteiger partial charge on any atom is -0.458 e. The van der Waals surface area contributed by atoms with Crippen LogP contribution in [0.1, 0.15) is 60.8 Å². The highest BCUT2D eigenvalue weighted by molar-refractivity contribution is 7.89. The highest BCUT2D eigenvalue weighted by atomic mass is 32.2. The summed E-state index contributed by atoms with van der Waals surface area (Å²) in [5, 5.41) is 17.9. The molecule has 4 rings (SSSR count). The van der Waals surface area contributed by atoms with Gasteiger partial charge in [-0.05, 0) is 84.7 Å². The maximum absolute atomic E-state index is 13.1. The van der Waals surface area contributed by atoms with Gasteiger partial charge in [0.25, 0.3) is 5.56 Å². The van der Waals surface area contributed by atoms with Gasteiger partial charge >= 0.3 is 5.97 Å². The largest absolute Gasteiger partial charge is 0.458 e. The third-order valence-electron chi connectivity index (χ3n) is 7.28. The van der Waals surface area contributed by atoms with E-state index in [0.717, 1.165) is 0 Å². The van der Waals surface area contributed by atoms with Crippen LogP contribution in [0.2, 0.25) is 0 Å². The number of pyridine rings is 1. The Morgan fingerprint density at radius 3 is 2.45 bits per heavy atom. The van der Waals surface area contributed by atoms with Crippen LogP contribution >= 0.6 is 0 Å². The van der Waals surface area contributed by atoms with Crippen LogP contribution in [0, 0.1) is 11.3 Å². The molecule has 0 amide bonds. The number of carbonyl (C=O) groups excluding carboxylic acids is 1. The van der Waals surface area contributed by atoms with Gasteiger partial charge in [-0.25, -0.2) is 13.2 Å². The Morgan fingerprint density at radius 1 is 1.24 bits per heavy atom. The van der Waals surface area contributed by atoms with E-state index < -0.39 is 38.8 Å². The predicted octanol–water partition coefficient (Wildman–Crippen LogP) is 4.02. The fourth-order valence-corrected chi connectivity index (χ4v) is 6.30. The summed E-state index contributed by atoms with van der Waals surface area (Å²) in [5.74, 6) is -0.225. The van der Waals surface area contributed by atoms with Crippen molar-refractivity contribution in [3.8, 4) is 6.07 Å². The summed E-state index contributed by atoms with van der Waals surface area (Å²) in [5.41, 5.74) is -1.58. The Morgan fingerprint density at radius 2 is 1.90 bits per heavy atom. The average molecular weight is 599 g/mol. The second kappa shape index (κ2) is 11.2. The number of esters is 1. The van der Waals surface area contributed by atoms with E-state index in [1.807, 2.05) is 20.8 Å². The molecular formula is C29H38N6O6S. The van der Waals surface area contributed by atoms with Crippen LogP contribution in [0.15, 0.2) is 46.2 Å². The van der Waals surface area contributed by atoms with Gasteiger partial charge in [0.15, 0.2) is 11.9 Å². The monoisotopic (exact) mass is 598 g/mol. The lowest BCUT2D eigenvalue weighted by Crippen LogP contribution is -2.47. The molecule has 1 aliphatic rings. The van der Waals surface area contributed by atoms with Gasteiger partial charge in [0.1, 0.15) is 11.0 Å². The quantitative estimate of drug-likeness (QED) is 0.383. The standard InChI is InChI=1S/C29H38N6O6S/c1-27(2,3)34(7)42(38,39)20-10-8-19(9-11-20)32-24-23-21(13-17-31-25(23)36)35(33-24)29(15-16-30)14-12-22(40-18-29)26(37)41-28(4,5)6/h8-11,13,17,22H,12,14-15,18H2,1-7H3,(H,31,36)(H,32,33). The first-order valence-corrected chi connectivity index (χ1v) is 15.1. The van der Waals surface area contributed by atoms with Crippen molar-refractivity contribution in [2.45, 2.75) is 88.5 Å². The van der Waals surface area contributed by atoms with Crippen molar-refractivity contribution in [1.29, 1.82) is 5.26 Å². The number of H-pyrrole nitrogens is 1. The van der Waals surface area contributed by atoms with E-state index in [9.17, 15) is 23.3 Å². The normalized spacial score (nSPS) is 19.9. The molecule has 0 radical (unpaired) electrons. The summed E-state index contributed by atoms with van der Waals surface area (Å²) < 4.78 is 40.5. The highest BCUT2D eigenvalue weighted by Crippen LogP contribution is 2.37. The van der Waals surface area contributed by atoms with Gasteiger partial charge in [0.2, 0.25) is 10.0 Å². The lowest BCUT2D eigenvalue weighted by Gasteiger charge is -2.39. The Hall–Kier alpha value is -3.73. The van der Waals surface area contributed by atoms with Crippen molar-refractivity contribution in [2.75, 3.05) is 19.0 Å². The molecule has 0 aliphatic carbocycles. The second-order valence-electron chi connectivity index (χ2n) is 12.6. The third-order valence-corrected chi connectivity index (χ3v) is 9.41. The number of anilines is 2. The van der Waals surface area contributed by atoms with Gasteiger partial charge in [0.05, 0.1) is 35.0 Å². The molecular weight excluding hydrogens is 560 g/mol. The fraction of sp³-hybridized carbons (Fsp3) is 0.517. The van der Waals surface area contributed by atoms with Crippen LogP contribution < -0.4 is 10.9 Å². The Balaban J connectivity index is 1.67. The van der Waals surface area contributed by atoms with E-state index in [1.165, 1.54) is 29.7 Å². The number of sulfonamides is 1. The van der Waals surface area contributed by atoms with Gasteiger partial charge in [0, 0.05) is 24.5 Å². The van der Waals surface area contributed by atoms with Crippen molar-refractivity contribution in [3.63, 3.8) is 0 Å². The summed E-state index contributed by atoms with van der Waals surface area (Å²) in [4.78, 5) is 28.4. The topological polar surface area (TPSA) is 159 Å². The zero-order valence-corrected chi connectivity index (χ0v) is 25.8. The molecule has 3 aromatic rings. The molecule has 13 heteroatoms. The number of carbonyl (C=O) groups is 1. The van der Waals surface area contributed by atoms with Gasteiger partial charge in [-0.15, -0.1) is 0 Å². The maximum atomic E-state index is 13.1. The van der Waals surface area contributed by atoms with E-state index in [1.54, 1.807) is 43.7 Å². The van der Waals surface area contributed by atoms with Gasteiger partial charge in [-0.1, -0.05) is 0 Å². The maximum Gasteiger partial charge on any atom is 0.335 e. The zero-order valence-electron chi connectivity index (χ0n) is 25.0. The molecule has 0 saturated carbocycles. The number of ether oxygens (including phenoxy) is 2. The molecule has 0 bridgehead atoms. The predicted molar refractivity (Wildman–Crippen MR) is 158 cm³/mol. The molecule has 2 unspecified atom stereocenters. The first kappa shape index (κ1) is 31.2. The van der Waals surface area contributed by atoms with Gasteiger partial charge in [-0.2, -0.15) is 14.7 Å². The average Bonchev–Trinajstić information content (AvgIpc) is 3.27. The number of fused-ring (bicyclic) bond motifs is 1. The van der Waals surface area contributed by atoms with Crippen molar-refractivity contribution in [2.24, 2.45) is 0 Å². The number of rotatable bonds is 7. The van der Waals surface area contributed by atoms with E-state index in [-0.39, 0.29) is 34.7 Å². The van der Waals surface area contributed by atoms with E-state index in [4.69, 9.17) is 14.6 Å². The van der Waals surface area contributed by atoms with E-state index in [2.05, 4.69) is 16.4 Å². The fourth-order valence-electron chi connectivity index (χ4n) is 4.78. The van der Waals surface area contributed by atoms with Crippen LogP contribution in [0.4, 0.5) is 11.5 Å². The van der Waals surface area contributed by atoms with Gasteiger partial charge < -0.3 is 19.8 Å². The van der Waals surface area contributed by atoms with Crippen molar-refractivity contribution < 1.29 is 22.7 Å². The SMILES string of the molecule is CN(C(C)(C)C)S(=O)(=O)c1ccc(Nc2nn(C3(CC#N)CCC(C(=O)OC(C)(C)C)OC3)c3cc[nH]c(=O)c23)cc1. The minimum absolute atomic E-state index is 0.0152. The first-order chi connectivity index (χ1) is 19.5. The summed E-state index contributed by atoms with van der Waals surface area (Å²) in [6, 6.07) is 10.1. The molecule has 226 valence electrons. The van der Waals surface area contributed by atoms with Gasteiger partial charge in [-0.3, -0.25) is 9.48 Å². The zero-order chi connectivity index (χ0) is 31.1. The number of benzene rings is 1. The van der Waals surface area contributed by atoms with E-state index in [0.29, 0.717) is 24.0 Å². The molecule has 42 heavy (non-hydrogen) atoms. The molecule has 12 nitrogen and oxygen atoms in total. The number of nitriles is 1. The number of nitrogens with zero attached hydrogens (tertiary/aromatic N) is 4. The summed E-state index contributed by atoms with van der Waals surface area (Å²) in [6.07, 6.45) is 1.46. The van der Waals surface area contributed by atoms with Crippen LogP contribution in [0.3, 0.4) is 0 Å². The smallest absolute Gasteiger partial charge is 0.335 e. The number of aromatic nitrogens is 3. The van der Waals surface area contributed by atoms with Crippen molar-refractivity contribution in [1.82, 2.24) is 19.1 Å². The van der Waals surface area contributed by atoms with E-state index >= 15 is 0 Å². The summed E-state index contributed by atoms with van der Waals surface area (Å²) in [6.45, 7) is 10.8. The second-order valence-corrected chi connectivity index (χ2v) is 14.5. The first-order valence-electron chi connectivity index (χ1n) is 13.7. The summed E-state index contributed by atoms with van der Waals surface area (Å²) >= 11 is 0. The number of nitrogens with one attached hydrogen (secondary N) is 2. The highest BCUT2D eigenvalue weighted by Gasteiger charge is 2.43. The van der Waals surface area contributed by atoms with Crippen LogP contribution in [0.5, 0.6) is 0 Å². The third kappa shape index (κ3) is 6.21. The molecule has 2 aromatic heterocycles.